The fraction of sp³-hybridized carbons (Fsp3) is 0.300. The Morgan fingerprint density at radius 1 is 1.12 bits per heavy atom. The summed E-state index contributed by atoms with van der Waals surface area (Å²) in [5.74, 6) is 1.05. The van der Waals surface area contributed by atoms with Gasteiger partial charge in [-0.05, 0) is 37.1 Å². The van der Waals surface area contributed by atoms with Crippen molar-refractivity contribution in [2.45, 2.75) is 26.5 Å². The molecule has 0 atom stereocenters. The van der Waals surface area contributed by atoms with E-state index in [9.17, 15) is 4.79 Å². The van der Waals surface area contributed by atoms with E-state index in [1.54, 1.807) is 6.33 Å². The Hall–Kier alpha value is -2.82. The molecule has 0 N–H and O–H groups in total. The van der Waals surface area contributed by atoms with Crippen LogP contribution in [-0.4, -0.2) is 39.6 Å². The molecular weight excluding hydrogens is 314 g/mol. The summed E-state index contributed by atoms with van der Waals surface area (Å²) in [6.07, 6.45) is 1.80. The second-order valence-electron chi connectivity index (χ2n) is 6.62. The van der Waals surface area contributed by atoms with Gasteiger partial charge in [0.05, 0.1) is 30.5 Å². The van der Waals surface area contributed by atoms with Crippen LogP contribution < -0.4 is 4.74 Å². The number of carbonyl (C=O) groups is 1. The number of fused-ring (bicyclic) bond motifs is 1. The van der Waals surface area contributed by atoms with E-state index in [1.807, 2.05) is 65.8 Å². The van der Waals surface area contributed by atoms with Crippen molar-refractivity contribution >= 4 is 16.9 Å². The van der Waals surface area contributed by atoms with Crippen LogP contribution in [0.1, 0.15) is 11.1 Å². The molecular formula is C20H21N3O2. The molecule has 4 rings (SSSR count). The minimum absolute atomic E-state index is 0.0725. The number of nitrogens with zero attached hydrogens (tertiary/aromatic N) is 3. The van der Waals surface area contributed by atoms with Crippen LogP contribution in [-0.2, 0) is 11.3 Å². The van der Waals surface area contributed by atoms with Gasteiger partial charge in [0.25, 0.3) is 0 Å². The van der Waals surface area contributed by atoms with Crippen molar-refractivity contribution in [1.82, 2.24) is 14.5 Å². The molecule has 1 saturated heterocycles. The molecule has 0 aliphatic carbocycles. The zero-order valence-corrected chi connectivity index (χ0v) is 14.5. The largest absolute Gasteiger partial charge is 0.486 e. The quantitative estimate of drug-likeness (QED) is 0.736. The Kier molecular flexibility index (Phi) is 3.92. The molecule has 2 aromatic carbocycles. The molecule has 1 aromatic heterocycles. The molecule has 0 radical (unpaired) electrons. The standard InChI is InChI=1S/C20H21N3O2/c1-14-6-5-7-15(2)20(14)25-16-10-22(11-16)19(24)12-23-13-21-17-8-3-4-9-18(17)23/h3-9,13,16H,10-12H2,1-2H3. The van der Waals surface area contributed by atoms with Crippen LogP contribution in [0.5, 0.6) is 5.75 Å². The van der Waals surface area contributed by atoms with Gasteiger partial charge in [0.15, 0.2) is 0 Å². The number of ether oxygens (including phenoxy) is 1. The van der Waals surface area contributed by atoms with E-state index in [1.165, 1.54) is 0 Å². The maximum Gasteiger partial charge on any atom is 0.242 e. The zero-order valence-electron chi connectivity index (χ0n) is 14.5. The Morgan fingerprint density at radius 2 is 1.84 bits per heavy atom. The van der Waals surface area contributed by atoms with E-state index in [0.29, 0.717) is 19.6 Å². The van der Waals surface area contributed by atoms with Gasteiger partial charge in [-0.25, -0.2) is 4.98 Å². The van der Waals surface area contributed by atoms with Gasteiger partial charge in [-0.3, -0.25) is 4.79 Å². The van der Waals surface area contributed by atoms with Crippen molar-refractivity contribution in [2.24, 2.45) is 0 Å². The van der Waals surface area contributed by atoms with Crippen molar-refractivity contribution < 1.29 is 9.53 Å². The van der Waals surface area contributed by atoms with E-state index >= 15 is 0 Å². The molecule has 1 aliphatic heterocycles. The number of likely N-dealkylation sites (tertiary alicyclic amines) is 1. The van der Waals surface area contributed by atoms with Crippen molar-refractivity contribution in [3.05, 3.63) is 59.9 Å². The summed E-state index contributed by atoms with van der Waals surface area (Å²) >= 11 is 0. The first kappa shape index (κ1) is 15.7. The number of amides is 1. The first-order chi connectivity index (χ1) is 12.1. The summed E-state index contributed by atoms with van der Waals surface area (Å²) in [5, 5.41) is 0. The Labute approximate surface area is 146 Å². The molecule has 2 heterocycles. The van der Waals surface area contributed by atoms with E-state index in [-0.39, 0.29) is 12.0 Å². The summed E-state index contributed by atoms with van der Waals surface area (Å²) < 4.78 is 7.98. The van der Waals surface area contributed by atoms with Gasteiger partial charge in [-0.1, -0.05) is 30.3 Å². The first-order valence-electron chi connectivity index (χ1n) is 8.52. The highest BCUT2D eigenvalue weighted by Gasteiger charge is 2.32. The lowest BCUT2D eigenvalue weighted by Gasteiger charge is -2.39. The summed E-state index contributed by atoms with van der Waals surface area (Å²) in [6, 6.07) is 14.0. The van der Waals surface area contributed by atoms with Crippen LogP contribution in [0.4, 0.5) is 0 Å². The van der Waals surface area contributed by atoms with Crippen LogP contribution in [0.2, 0.25) is 0 Å². The lowest BCUT2D eigenvalue weighted by Crippen LogP contribution is -2.57. The van der Waals surface area contributed by atoms with E-state index in [2.05, 4.69) is 4.98 Å². The van der Waals surface area contributed by atoms with Gasteiger partial charge in [0.1, 0.15) is 18.4 Å². The Balaban J connectivity index is 1.37. The van der Waals surface area contributed by atoms with Crippen LogP contribution >= 0.6 is 0 Å². The highest BCUT2D eigenvalue weighted by molar-refractivity contribution is 5.81. The maximum absolute atomic E-state index is 12.5. The molecule has 1 amide bonds. The number of benzene rings is 2. The molecule has 128 valence electrons. The predicted octanol–water partition coefficient (Wildman–Crippen LogP) is 2.94. The number of hydrogen-bond donors (Lipinski definition) is 0. The minimum Gasteiger partial charge on any atom is -0.486 e. The Bertz CT molecular complexity index is 905. The van der Waals surface area contributed by atoms with Crippen LogP contribution in [0.25, 0.3) is 11.0 Å². The molecule has 0 bridgehead atoms. The van der Waals surface area contributed by atoms with Crippen molar-refractivity contribution in [2.75, 3.05) is 13.1 Å². The lowest BCUT2D eigenvalue weighted by atomic mass is 10.1. The molecule has 0 spiro atoms. The van der Waals surface area contributed by atoms with Gasteiger partial charge < -0.3 is 14.2 Å². The van der Waals surface area contributed by atoms with Crippen LogP contribution in [0.15, 0.2) is 48.8 Å². The summed E-state index contributed by atoms with van der Waals surface area (Å²) in [6.45, 7) is 5.69. The van der Waals surface area contributed by atoms with Crippen molar-refractivity contribution in [1.29, 1.82) is 0 Å². The topological polar surface area (TPSA) is 47.4 Å². The molecule has 1 fully saturated rings. The van der Waals surface area contributed by atoms with E-state index in [0.717, 1.165) is 27.9 Å². The molecule has 25 heavy (non-hydrogen) atoms. The normalized spacial score (nSPS) is 14.6. The highest BCUT2D eigenvalue weighted by Crippen LogP contribution is 2.26. The fourth-order valence-corrected chi connectivity index (χ4v) is 3.25. The number of aromatic nitrogens is 2. The molecule has 5 nitrogen and oxygen atoms in total. The molecule has 0 saturated carbocycles. The third-order valence-corrected chi connectivity index (χ3v) is 4.73. The van der Waals surface area contributed by atoms with Crippen molar-refractivity contribution in [3.8, 4) is 5.75 Å². The van der Waals surface area contributed by atoms with E-state index < -0.39 is 0 Å². The molecule has 5 heteroatoms. The summed E-state index contributed by atoms with van der Waals surface area (Å²) in [4.78, 5) is 18.7. The van der Waals surface area contributed by atoms with Gasteiger partial charge in [-0.2, -0.15) is 0 Å². The van der Waals surface area contributed by atoms with Crippen molar-refractivity contribution in [3.63, 3.8) is 0 Å². The average Bonchev–Trinajstić information content (AvgIpc) is 2.96. The monoisotopic (exact) mass is 335 g/mol. The lowest BCUT2D eigenvalue weighted by molar-refractivity contribution is -0.140. The third-order valence-electron chi connectivity index (χ3n) is 4.73. The maximum atomic E-state index is 12.5. The predicted molar refractivity (Wildman–Crippen MR) is 96.6 cm³/mol. The van der Waals surface area contributed by atoms with E-state index in [4.69, 9.17) is 4.74 Å². The highest BCUT2D eigenvalue weighted by atomic mass is 16.5. The molecule has 1 aliphatic rings. The van der Waals surface area contributed by atoms with Crippen LogP contribution in [0.3, 0.4) is 0 Å². The number of carbonyl (C=O) groups excluding carboxylic acids is 1. The van der Waals surface area contributed by atoms with Gasteiger partial charge in [0, 0.05) is 0 Å². The fourth-order valence-electron chi connectivity index (χ4n) is 3.25. The third kappa shape index (κ3) is 2.97. The molecule has 3 aromatic rings. The number of imidazole rings is 1. The average molecular weight is 335 g/mol. The second-order valence-corrected chi connectivity index (χ2v) is 6.62. The van der Waals surface area contributed by atoms with Gasteiger partial charge in [-0.15, -0.1) is 0 Å². The summed E-state index contributed by atoms with van der Waals surface area (Å²) in [5.41, 5.74) is 4.17. The minimum atomic E-state index is 0.0725. The summed E-state index contributed by atoms with van der Waals surface area (Å²) in [7, 11) is 0. The van der Waals surface area contributed by atoms with Gasteiger partial charge in [0.2, 0.25) is 5.91 Å². The smallest absolute Gasteiger partial charge is 0.242 e. The number of aryl methyl sites for hydroxylation is 2. The number of hydrogen-bond acceptors (Lipinski definition) is 3. The molecule has 0 unspecified atom stereocenters. The number of rotatable bonds is 4. The van der Waals surface area contributed by atoms with Gasteiger partial charge >= 0.3 is 0 Å². The second kappa shape index (κ2) is 6.24. The number of para-hydroxylation sites is 3. The Morgan fingerprint density at radius 3 is 2.60 bits per heavy atom. The first-order valence-corrected chi connectivity index (χ1v) is 8.52. The SMILES string of the molecule is Cc1cccc(C)c1OC1CN(C(=O)Cn2cnc3ccccc32)C1. The van der Waals surface area contributed by atoms with Crippen LogP contribution in [0, 0.1) is 13.8 Å². The zero-order chi connectivity index (χ0) is 17.4.